The van der Waals surface area contributed by atoms with E-state index in [1.165, 1.54) is 50.5 Å². The van der Waals surface area contributed by atoms with Crippen molar-refractivity contribution >= 4 is 0 Å². The van der Waals surface area contributed by atoms with Crippen LogP contribution in [0, 0.1) is 0 Å². The summed E-state index contributed by atoms with van der Waals surface area (Å²) in [6.07, 6.45) is 9.80. The zero-order chi connectivity index (χ0) is 10.8. The predicted octanol–water partition coefficient (Wildman–Crippen LogP) is 3.81. The summed E-state index contributed by atoms with van der Waals surface area (Å²) in [6.45, 7) is 0. The Morgan fingerprint density at radius 2 is 1.69 bits per heavy atom. The van der Waals surface area contributed by atoms with E-state index in [0.29, 0.717) is 11.6 Å². The zero-order valence-electron chi connectivity index (χ0n) is 9.91. The van der Waals surface area contributed by atoms with E-state index in [2.05, 4.69) is 35.6 Å². The highest BCUT2D eigenvalue weighted by atomic mass is 15.0. The van der Waals surface area contributed by atoms with Gasteiger partial charge in [0.1, 0.15) is 0 Å². The first-order chi connectivity index (χ1) is 7.88. The van der Waals surface area contributed by atoms with Crippen molar-refractivity contribution < 1.29 is 0 Å². The van der Waals surface area contributed by atoms with Crippen molar-refractivity contribution in [1.82, 2.24) is 5.32 Å². The molecule has 1 aromatic carbocycles. The first-order valence-electron chi connectivity index (χ1n) is 6.71. The van der Waals surface area contributed by atoms with Crippen LogP contribution in [0.15, 0.2) is 30.3 Å². The monoisotopic (exact) mass is 215 g/mol. The van der Waals surface area contributed by atoms with E-state index < -0.39 is 0 Å². The van der Waals surface area contributed by atoms with Crippen LogP contribution in [0.1, 0.15) is 56.6 Å². The van der Waals surface area contributed by atoms with Gasteiger partial charge in [-0.05, 0) is 31.2 Å². The molecule has 1 saturated carbocycles. The minimum atomic E-state index is 0.499. The van der Waals surface area contributed by atoms with E-state index in [1.54, 1.807) is 0 Å². The van der Waals surface area contributed by atoms with Gasteiger partial charge >= 0.3 is 0 Å². The maximum Gasteiger partial charge on any atom is 0.0325 e. The normalized spacial score (nSPS) is 28.4. The summed E-state index contributed by atoms with van der Waals surface area (Å²) in [5, 5.41) is 3.92. The molecule has 1 heteroatoms. The van der Waals surface area contributed by atoms with Crippen molar-refractivity contribution in [1.29, 1.82) is 0 Å². The molecule has 86 valence electrons. The largest absolute Gasteiger partial charge is 0.304 e. The molecular weight excluding hydrogens is 194 g/mol. The molecule has 0 amide bonds. The number of rotatable bonds is 1. The second-order valence-electron chi connectivity index (χ2n) is 5.49. The third-order valence-electron chi connectivity index (χ3n) is 4.40. The number of hydrogen-bond acceptors (Lipinski definition) is 1. The summed E-state index contributed by atoms with van der Waals surface area (Å²) in [4.78, 5) is 0. The van der Waals surface area contributed by atoms with Gasteiger partial charge in [0, 0.05) is 11.6 Å². The fraction of sp³-hybridized carbons (Fsp3) is 0.600. The van der Waals surface area contributed by atoms with Crippen molar-refractivity contribution in [2.24, 2.45) is 0 Å². The van der Waals surface area contributed by atoms with Crippen molar-refractivity contribution in [3.63, 3.8) is 0 Å². The predicted molar refractivity (Wildman–Crippen MR) is 67.4 cm³/mol. The lowest BCUT2D eigenvalue weighted by Crippen LogP contribution is -2.42. The Morgan fingerprint density at radius 3 is 2.44 bits per heavy atom. The van der Waals surface area contributed by atoms with Crippen LogP contribution in [0.5, 0.6) is 0 Å². The quantitative estimate of drug-likeness (QED) is 0.751. The highest BCUT2D eigenvalue weighted by Crippen LogP contribution is 2.41. The van der Waals surface area contributed by atoms with Crippen LogP contribution in [0.3, 0.4) is 0 Å². The molecule has 1 nitrogen and oxygen atoms in total. The molecule has 2 fully saturated rings. The second-order valence-corrected chi connectivity index (χ2v) is 5.49. The van der Waals surface area contributed by atoms with Gasteiger partial charge in [0.25, 0.3) is 0 Å². The van der Waals surface area contributed by atoms with Gasteiger partial charge in [0.15, 0.2) is 0 Å². The number of hydrogen-bond donors (Lipinski definition) is 1. The molecule has 1 aliphatic heterocycles. The van der Waals surface area contributed by atoms with Crippen LogP contribution in [-0.4, -0.2) is 5.54 Å². The molecule has 1 aliphatic carbocycles. The van der Waals surface area contributed by atoms with Gasteiger partial charge < -0.3 is 5.32 Å². The van der Waals surface area contributed by atoms with Crippen LogP contribution in [0.25, 0.3) is 0 Å². The molecular formula is C15H21N. The number of benzene rings is 1. The van der Waals surface area contributed by atoms with Gasteiger partial charge in [-0.3, -0.25) is 0 Å². The lowest BCUT2D eigenvalue weighted by molar-refractivity contribution is 0.254. The third kappa shape index (κ3) is 1.89. The van der Waals surface area contributed by atoms with Crippen LogP contribution in [-0.2, 0) is 0 Å². The molecule has 16 heavy (non-hydrogen) atoms. The third-order valence-corrected chi connectivity index (χ3v) is 4.40. The molecule has 1 heterocycles. The standard InChI is InChI=1S/C15H21N/c1-3-7-13(8-4-1)14-9-12-15(16-14)10-5-2-6-11-15/h1,3-4,7-8,14,16H,2,5-6,9-12H2. The Morgan fingerprint density at radius 1 is 0.938 bits per heavy atom. The highest BCUT2D eigenvalue weighted by Gasteiger charge is 2.39. The van der Waals surface area contributed by atoms with Gasteiger partial charge in [-0.15, -0.1) is 0 Å². The fourth-order valence-electron chi connectivity index (χ4n) is 3.49. The van der Waals surface area contributed by atoms with E-state index in [9.17, 15) is 0 Å². The Hall–Kier alpha value is -0.820. The van der Waals surface area contributed by atoms with Gasteiger partial charge in [0.2, 0.25) is 0 Å². The van der Waals surface area contributed by atoms with E-state index in [1.807, 2.05) is 0 Å². The Balaban J connectivity index is 1.73. The van der Waals surface area contributed by atoms with Crippen LogP contribution in [0.4, 0.5) is 0 Å². The van der Waals surface area contributed by atoms with Crippen molar-refractivity contribution in [3.05, 3.63) is 35.9 Å². The Labute approximate surface area is 98.3 Å². The Bertz CT molecular complexity index is 338. The topological polar surface area (TPSA) is 12.0 Å². The molecule has 0 radical (unpaired) electrons. The molecule has 3 rings (SSSR count). The zero-order valence-corrected chi connectivity index (χ0v) is 9.91. The van der Waals surface area contributed by atoms with Crippen LogP contribution >= 0.6 is 0 Å². The Kier molecular flexibility index (Phi) is 2.72. The molecule has 1 spiro atoms. The summed E-state index contributed by atoms with van der Waals surface area (Å²) in [5.41, 5.74) is 1.98. The van der Waals surface area contributed by atoms with Gasteiger partial charge in [-0.25, -0.2) is 0 Å². The molecule has 1 saturated heterocycles. The minimum absolute atomic E-state index is 0.499. The fourth-order valence-corrected chi connectivity index (χ4v) is 3.49. The first kappa shape index (κ1) is 10.3. The molecule has 2 aliphatic rings. The SMILES string of the molecule is c1ccc(C2CCC3(CCCCC3)N2)cc1. The van der Waals surface area contributed by atoms with Crippen LogP contribution in [0.2, 0.25) is 0 Å². The summed E-state index contributed by atoms with van der Waals surface area (Å²) >= 11 is 0. The molecule has 1 aromatic rings. The highest BCUT2D eigenvalue weighted by molar-refractivity contribution is 5.21. The van der Waals surface area contributed by atoms with E-state index in [0.717, 1.165) is 0 Å². The average Bonchev–Trinajstić information content (AvgIpc) is 2.75. The average molecular weight is 215 g/mol. The molecule has 0 bridgehead atoms. The molecule has 1 unspecified atom stereocenters. The molecule has 0 aromatic heterocycles. The lowest BCUT2D eigenvalue weighted by Gasteiger charge is -2.34. The lowest BCUT2D eigenvalue weighted by atomic mass is 9.81. The van der Waals surface area contributed by atoms with Crippen molar-refractivity contribution in [2.75, 3.05) is 0 Å². The number of nitrogens with one attached hydrogen (secondary N) is 1. The van der Waals surface area contributed by atoms with Gasteiger partial charge in [-0.2, -0.15) is 0 Å². The summed E-state index contributed by atoms with van der Waals surface area (Å²) < 4.78 is 0. The van der Waals surface area contributed by atoms with E-state index in [4.69, 9.17) is 0 Å². The smallest absolute Gasteiger partial charge is 0.0325 e. The van der Waals surface area contributed by atoms with Gasteiger partial charge in [-0.1, -0.05) is 49.6 Å². The minimum Gasteiger partial charge on any atom is -0.304 e. The van der Waals surface area contributed by atoms with Crippen LogP contribution < -0.4 is 5.32 Å². The summed E-state index contributed by atoms with van der Waals surface area (Å²) in [7, 11) is 0. The molecule has 1 N–H and O–H groups in total. The second kappa shape index (κ2) is 4.21. The maximum atomic E-state index is 3.92. The van der Waals surface area contributed by atoms with Crippen molar-refractivity contribution in [2.45, 2.75) is 56.5 Å². The van der Waals surface area contributed by atoms with Crippen molar-refractivity contribution in [3.8, 4) is 0 Å². The van der Waals surface area contributed by atoms with E-state index >= 15 is 0 Å². The first-order valence-corrected chi connectivity index (χ1v) is 6.71. The summed E-state index contributed by atoms with van der Waals surface area (Å²) in [6, 6.07) is 11.6. The summed E-state index contributed by atoms with van der Waals surface area (Å²) in [5.74, 6) is 0. The maximum absolute atomic E-state index is 3.92. The molecule has 1 atom stereocenters. The van der Waals surface area contributed by atoms with Gasteiger partial charge in [0.05, 0.1) is 0 Å². The van der Waals surface area contributed by atoms with E-state index in [-0.39, 0.29) is 0 Å².